The second-order valence-corrected chi connectivity index (χ2v) is 7.89. The van der Waals surface area contributed by atoms with Gasteiger partial charge in [0, 0.05) is 17.5 Å². The zero-order valence-electron chi connectivity index (χ0n) is 18.3. The Balaban J connectivity index is 1.75. The summed E-state index contributed by atoms with van der Waals surface area (Å²) >= 11 is 0. The molecule has 0 unspecified atom stereocenters. The molecular formula is C26H20O8. The first-order valence-corrected chi connectivity index (χ1v) is 10.4. The van der Waals surface area contributed by atoms with Crippen LogP contribution in [-0.4, -0.2) is 30.4 Å². The predicted octanol–water partition coefficient (Wildman–Crippen LogP) is 4.33. The molecule has 172 valence electrons. The topological polar surface area (TPSA) is 115 Å². The zero-order valence-corrected chi connectivity index (χ0v) is 18.3. The van der Waals surface area contributed by atoms with E-state index in [1.54, 1.807) is 36.4 Å². The fourth-order valence-corrected chi connectivity index (χ4v) is 4.36. The van der Waals surface area contributed by atoms with E-state index in [0.29, 0.717) is 28.2 Å². The summed E-state index contributed by atoms with van der Waals surface area (Å²) in [5.74, 6) is -0.316. The van der Waals surface area contributed by atoms with E-state index < -0.39 is 17.3 Å². The normalized spacial score (nSPS) is 15.0. The van der Waals surface area contributed by atoms with Crippen LogP contribution in [0.1, 0.15) is 23.5 Å². The van der Waals surface area contributed by atoms with E-state index in [0.717, 1.165) is 0 Å². The number of methoxy groups -OCH3 is 2. The number of hydrogen-bond donors (Lipinski definition) is 2. The minimum atomic E-state index is -0.540. The van der Waals surface area contributed by atoms with Crippen LogP contribution in [0.15, 0.2) is 64.0 Å². The molecule has 1 aliphatic rings. The van der Waals surface area contributed by atoms with E-state index in [9.17, 15) is 19.8 Å². The van der Waals surface area contributed by atoms with E-state index in [1.807, 2.05) is 0 Å². The minimum absolute atomic E-state index is 0.0164. The van der Waals surface area contributed by atoms with Crippen LogP contribution < -0.4 is 19.6 Å². The number of carbonyl (C=O) groups excluding carboxylic acids is 1. The summed E-state index contributed by atoms with van der Waals surface area (Å²) in [7, 11) is 3.00. The molecular weight excluding hydrogens is 440 g/mol. The SMILES string of the molecule is COc1ccc(-c2coc3c4c(cc(O)c3c2=O)OC(=O)C[C@H]4c2cccc(O)c2)cc1OC. The van der Waals surface area contributed by atoms with Crippen LogP contribution in [0.5, 0.6) is 28.7 Å². The van der Waals surface area contributed by atoms with Crippen molar-refractivity contribution in [2.45, 2.75) is 12.3 Å². The van der Waals surface area contributed by atoms with Crippen LogP contribution in [0.3, 0.4) is 0 Å². The van der Waals surface area contributed by atoms with Gasteiger partial charge in [-0.05, 0) is 35.4 Å². The number of phenols is 2. The van der Waals surface area contributed by atoms with Gasteiger partial charge in [-0.3, -0.25) is 9.59 Å². The summed E-state index contributed by atoms with van der Waals surface area (Å²) in [6.07, 6.45) is 1.29. The Morgan fingerprint density at radius 2 is 1.76 bits per heavy atom. The molecule has 0 spiro atoms. The van der Waals surface area contributed by atoms with Crippen molar-refractivity contribution in [3.63, 3.8) is 0 Å². The number of rotatable bonds is 4. The van der Waals surface area contributed by atoms with E-state index in [1.165, 1.54) is 32.6 Å². The molecule has 5 rings (SSSR count). The van der Waals surface area contributed by atoms with Crippen molar-refractivity contribution in [2.75, 3.05) is 14.2 Å². The second-order valence-electron chi connectivity index (χ2n) is 7.89. The first kappa shape index (κ1) is 21.4. The number of carbonyl (C=O) groups is 1. The van der Waals surface area contributed by atoms with Crippen molar-refractivity contribution >= 4 is 16.9 Å². The van der Waals surface area contributed by atoms with Crippen molar-refractivity contribution < 1.29 is 33.6 Å². The minimum Gasteiger partial charge on any atom is -0.508 e. The molecule has 4 aromatic rings. The number of ether oxygens (including phenoxy) is 3. The molecule has 1 aromatic heterocycles. The largest absolute Gasteiger partial charge is 0.508 e. The molecule has 1 aliphatic heterocycles. The average Bonchev–Trinajstić information content (AvgIpc) is 2.83. The molecule has 0 aliphatic carbocycles. The maximum Gasteiger partial charge on any atom is 0.312 e. The van der Waals surface area contributed by atoms with Crippen LogP contribution in [-0.2, 0) is 4.79 Å². The number of phenolic OH excluding ortho intramolecular Hbond substituents is 2. The third-order valence-electron chi connectivity index (χ3n) is 5.94. The van der Waals surface area contributed by atoms with Crippen molar-refractivity contribution in [3.05, 3.63) is 76.1 Å². The zero-order chi connectivity index (χ0) is 24.0. The van der Waals surface area contributed by atoms with Crippen molar-refractivity contribution in [2.24, 2.45) is 0 Å². The van der Waals surface area contributed by atoms with Gasteiger partial charge in [-0.25, -0.2) is 0 Å². The summed E-state index contributed by atoms with van der Waals surface area (Å²) in [5.41, 5.74) is 1.49. The van der Waals surface area contributed by atoms with Crippen LogP contribution in [0.4, 0.5) is 0 Å². The summed E-state index contributed by atoms with van der Waals surface area (Å²) in [6, 6.07) is 12.7. The average molecular weight is 460 g/mol. The lowest BCUT2D eigenvalue weighted by Gasteiger charge is -2.26. The maximum atomic E-state index is 13.5. The van der Waals surface area contributed by atoms with Gasteiger partial charge in [-0.2, -0.15) is 0 Å². The summed E-state index contributed by atoms with van der Waals surface area (Å²) in [6.45, 7) is 0. The fraction of sp³-hybridized carbons (Fsp3) is 0.154. The molecule has 34 heavy (non-hydrogen) atoms. The van der Waals surface area contributed by atoms with Gasteiger partial charge in [0.1, 0.15) is 34.5 Å². The van der Waals surface area contributed by atoms with Gasteiger partial charge in [0.15, 0.2) is 11.5 Å². The predicted molar refractivity (Wildman–Crippen MR) is 123 cm³/mol. The monoisotopic (exact) mass is 460 g/mol. The van der Waals surface area contributed by atoms with Crippen LogP contribution in [0.25, 0.3) is 22.1 Å². The Morgan fingerprint density at radius 1 is 0.971 bits per heavy atom. The molecule has 2 N–H and O–H groups in total. The highest BCUT2D eigenvalue weighted by Crippen LogP contribution is 2.46. The van der Waals surface area contributed by atoms with Gasteiger partial charge in [0.05, 0.1) is 26.2 Å². The highest BCUT2D eigenvalue weighted by atomic mass is 16.5. The lowest BCUT2D eigenvalue weighted by Crippen LogP contribution is -2.22. The standard InChI is InChI=1S/C26H20O8/c1-31-19-7-6-14(9-20(19)32-2)17-12-33-26-23-16(13-4-3-5-15(27)8-13)10-22(29)34-21(23)11-18(28)24(26)25(17)30/h3-9,11-12,16,27-28H,10H2,1-2H3/t16-/m0/s1. The number of aromatic hydroxyl groups is 2. The maximum absolute atomic E-state index is 13.5. The van der Waals surface area contributed by atoms with Gasteiger partial charge in [0.25, 0.3) is 0 Å². The third-order valence-corrected chi connectivity index (χ3v) is 5.94. The number of benzene rings is 3. The second kappa shape index (κ2) is 8.15. The van der Waals surface area contributed by atoms with E-state index >= 15 is 0 Å². The van der Waals surface area contributed by atoms with E-state index in [4.69, 9.17) is 18.6 Å². The highest BCUT2D eigenvalue weighted by Gasteiger charge is 2.33. The molecule has 8 nitrogen and oxygen atoms in total. The Labute approximate surface area is 193 Å². The molecule has 8 heteroatoms. The Hall–Kier alpha value is -4.46. The number of fused-ring (bicyclic) bond motifs is 3. The molecule has 0 radical (unpaired) electrons. The Kier molecular flexibility index (Phi) is 5.13. The Bertz CT molecular complexity index is 1500. The Morgan fingerprint density at radius 3 is 2.50 bits per heavy atom. The quantitative estimate of drug-likeness (QED) is 0.342. The molecule has 1 atom stereocenters. The fourth-order valence-electron chi connectivity index (χ4n) is 4.36. The van der Waals surface area contributed by atoms with Gasteiger partial charge >= 0.3 is 5.97 Å². The molecule has 0 saturated heterocycles. The van der Waals surface area contributed by atoms with Gasteiger partial charge in [-0.15, -0.1) is 0 Å². The smallest absolute Gasteiger partial charge is 0.312 e. The van der Waals surface area contributed by atoms with Gasteiger partial charge < -0.3 is 28.8 Å². The van der Waals surface area contributed by atoms with Crippen molar-refractivity contribution in [1.82, 2.24) is 0 Å². The molecule has 0 saturated carbocycles. The van der Waals surface area contributed by atoms with Crippen LogP contribution in [0, 0.1) is 0 Å². The van der Waals surface area contributed by atoms with Crippen molar-refractivity contribution in [1.29, 1.82) is 0 Å². The van der Waals surface area contributed by atoms with Crippen LogP contribution >= 0.6 is 0 Å². The van der Waals surface area contributed by atoms with E-state index in [2.05, 4.69) is 0 Å². The lowest BCUT2D eigenvalue weighted by molar-refractivity contribution is -0.135. The molecule has 3 aromatic carbocycles. The first-order chi connectivity index (χ1) is 16.4. The number of esters is 1. The summed E-state index contributed by atoms with van der Waals surface area (Å²) in [4.78, 5) is 25.8. The first-order valence-electron chi connectivity index (χ1n) is 10.4. The van der Waals surface area contributed by atoms with Gasteiger partial charge in [0.2, 0.25) is 5.43 Å². The molecule has 2 heterocycles. The number of hydrogen-bond acceptors (Lipinski definition) is 8. The van der Waals surface area contributed by atoms with E-state index in [-0.39, 0.29) is 40.2 Å². The van der Waals surface area contributed by atoms with Crippen molar-refractivity contribution in [3.8, 4) is 39.9 Å². The van der Waals surface area contributed by atoms with Gasteiger partial charge in [-0.1, -0.05) is 18.2 Å². The summed E-state index contributed by atoms with van der Waals surface area (Å²) < 4.78 is 21.9. The summed E-state index contributed by atoms with van der Waals surface area (Å²) in [5, 5.41) is 20.6. The molecule has 0 amide bonds. The van der Waals surface area contributed by atoms with Crippen LogP contribution in [0.2, 0.25) is 0 Å². The lowest BCUT2D eigenvalue weighted by atomic mass is 9.85. The third kappa shape index (κ3) is 3.40. The molecule has 0 fully saturated rings. The molecule has 0 bridgehead atoms. The highest BCUT2D eigenvalue weighted by molar-refractivity contribution is 5.94.